The number of nitrogens with two attached hydrogens (primary N) is 1. The number of rotatable bonds is 2. The van der Waals surface area contributed by atoms with Crippen LogP contribution in [0.3, 0.4) is 0 Å². The quantitative estimate of drug-likeness (QED) is 0.911. The lowest BCUT2D eigenvalue weighted by molar-refractivity contribution is -0.133. The van der Waals surface area contributed by atoms with Crippen molar-refractivity contribution < 1.29 is 4.79 Å². The summed E-state index contributed by atoms with van der Waals surface area (Å²) in [5.41, 5.74) is 5.85. The van der Waals surface area contributed by atoms with Gasteiger partial charge >= 0.3 is 0 Å². The molecule has 2 rings (SSSR count). The molecule has 1 aliphatic heterocycles. The minimum absolute atomic E-state index is 0.0411. The second-order valence-electron chi connectivity index (χ2n) is 4.53. The molecule has 2 heterocycles. The zero-order valence-electron chi connectivity index (χ0n) is 9.86. The van der Waals surface area contributed by atoms with E-state index in [4.69, 9.17) is 5.73 Å². The van der Waals surface area contributed by atoms with Gasteiger partial charge in [-0.2, -0.15) is 0 Å². The minimum atomic E-state index is -0.0411. The molecule has 0 radical (unpaired) electrons. The zero-order chi connectivity index (χ0) is 12.4. The fourth-order valence-corrected chi connectivity index (χ4v) is 3.54. The lowest BCUT2D eigenvalue weighted by atomic mass is 10.0. The third-order valence-electron chi connectivity index (χ3n) is 3.24. The van der Waals surface area contributed by atoms with Crippen LogP contribution in [0.5, 0.6) is 0 Å². The molecule has 3 nitrogen and oxygen atoms in total. The molecule has 94 valence electrons. The van der Waals surface area contributed by atoms with E-state index in [0.717, 1.165) is 34.6 Å². The predicted molar refractivity (Wildman–Crippen MR) is 74.2 cm³/mol. The van der Waals surface area contributed by atoms with Gasteiger partial charge in [0.2, 0.25) is 5.91 Å². The second kappa shape index (κ2) is 5.50. The third kappa shape index (κ3) is 3.09. The Morgan fingerprint density at radius 2 is 2.18 bits per heavy atom. The first-order chi connectivity index (χ1) is 8.08. The first-order valence-corrected chi connectivity index (χ1v) is 7.48. The fraction of sp³-hybridized carbons (Fsp3) is 0.583. The molecule has 5 heteroatoms. The molecule has 0 bridgehead atoms. The lowest BCUT2D eigenvalue weighted by Crippen LogP contribution is -2.44. The summed E-state index contributed by atoms with van der Waals surface area (Å²) in [6, 6.07) is 4.29. The molecular weight excluding hydrogens is 300 g/mol. The topological polar surface area (TPSA) is 46.3 Å². The smallest absolute Gasteiger partial charge is 0.230 e. The van der Waals surface area contributed by atoms with Crippen LogP contribution in [0, 0.1) is 0 Å². The lowest BCUT2D eigenvalue weighted by Gasteiger charge is -2.31. The maximum absolute atomic E-state index is 12.3. The van der Waals surface area contributed by atoms with E-state index >= 15 is 0 Å². The van der Waals surface area contributed by atoms with Crippen molar-refractivity contribution >= 4 is 33.2 Å². The highest BCUT2D eigenvalue weighted by Crippen LogP contribution is 2.30. The van der Waals surface area contributed by atoms with Crippen LogP contribution in [0.4, 0.5) is 0 Å². The standard InChI is InChI=1S/C12H17BrN2OS/c1-8(10-2-3-11(13)17-10)12(16)15-6-4-9(14)5-7-15/h2-3,8-9H,4-7,14H2,1H3. The van der Waals surface area contributed by atoms with E-state index in [0.29, 0.717) is 0 Å². The minimum Gasteiger partial charge on any atom is -0.342 e. The van der Waals surface area contributed by atoms with E-state index in [2.05, 4.69) is 15.9 Å². The molecule has 1 saturated heterocycles. The van der Waals surface area contributed by atoms with Crippen molar-refractivity contribution in [1.29, 1.82) is 0 Å². The third-order valence-corrected chi connectivity index (χ3v) is 5.05. The molecule has 1 aliphatic rings. The van der Waals surface area contributed by atoms with Gasteiger partial charge in [0.25, 0.3) is 0 Å². The first-order valence-electron chi connectivity index (χ1n) is 5.87. The molecule has 0 aliphatic carbocycles. The van der Waals surface area contributed by atoms with Crippen molar-refractivity contribution in [2.45, 2.75) is 31.7 Å². The van der Waals surface area contributed by atoms with Crippen molar-refractivity contribution in [3.05, 3.63) is 20.8 Å². The molecular formula is C12H17BrN2OS. The van der Waals surface area contributed by atoms with E-state index in [1.807, 2.05) is 24.0 Å². The van der Waals surface area contributed by atoms with Gasteiger partial charge in [-0.25, -0.2) is 0 Å². The number of halogens is 1. The Balaban J connectivity index is 2.00. The maximum atomic E-state index is 12.3. The van der Waals surface area contributed by atoms with Gasteiger partial charge in [-0.15, -0.1) is 11.3 Å². The van der Waals surface area contributed by atoms with Gasteiger partial charge in [0.15, 0.2) is 0 Å². The van der Waals surface area contributed by atoms with E-state index in [-0.39, 0.29) is 17.9 Å². The van der Waals surface area contributed by atoms with Gasteiger partial charge in [0, 0.05) is 24.0 Å². The Labute approximate surface area is 114 Å². The summed E-state index contributed by atoms with van der Waals surface area (Å²) >= 11 is 5.06. The molecule has 2 N–H and O–H groups in total. The number of thiophene rings is 1. The molecule has 1 amide bonds. The molecule has 0 saturated carbocycles. The number of carbonyl (C=O) groups is 1. The van der Waals surface area contributed by atoms with Gasteiger partial charge in [-0.05, 0) is 47.8 Å². The summed E-state index contributed by atoms with van der Waals surface area (Å²) in [7, 11) is 0. The van der Waals surface area contributed by atoms with E-state index in [9.17, 15) is 4.79 Å². The Morgan fingerprint density at radius 1 is 1.53 bits per heavy atom. The highest BCUT2D eigenvalue weighted by molar-refractivity contribution is 9.11. The second-order valence-corrected chi connectivity index (χ2v) is 7.02. The monoisotopic (exact) mass is 316 g/mol. The van der Waals surface area contributed by atoms with E-state index < -0.39 is 0 Å². The van der Waals surface area contributed by atoms with Crippen LogP contribution in [0.25, 0.3) is 0 Å². The van der Waals surface area contributed by atoms with Gasteiger partial charge < -0.3 is 10.6 Å². The molecule has 0 aromatic carbocycles. The largest absolute Gasteiger partial charge is 0.342 e. The normalized spacial score (nSPS) is 19.4. The fourth-order valence-electron chi connectivity index (χ4n) is 2.08. The summed E-state index contributed by atoms with van der Waals surface area (Å²) in [6.45, 7) is 3.59. The van der Waals surface area contributed by atoms with Crippen LogP contribution in [0.2, 0.25) is 0 Å². The van der Waals surface area contributed by atoms with Crippen LogP contribution in [-0.4, -0.2) is 29.9 Å². The van der Waals surface area contributed by atoms with E-state index in [1.165, 1.54) is 0 Å². The summed E-state index contributed by atoms with van der Waals surface area (Å²) in [5.74, 6) is 0.187. The Kier molecular flexibility index (Phi) is 4.22. The molecule has 1 unspecified atom stereocenters. The summed E-state index contributed by atoms with van der Waals surface area (Å²) in [5, 5.41) is 0. The molecule has 0 spiro atoms. The Bertz CT molecular complexity index is 399. The zero-order valence-corrected chi connectivity index (χ0v) is 12.3. The van der Waals surface area contributed by atoms with Crippen molar-refractivity contribution in [2.24, 2.45) is 5.73 Å². The summed E-state index contributed by atoms with van der Waals surface area (Å²) < 4.78 is 1.08. The number of nitrogens with zero attached hydrogens (tertiary/aromatic N) is 1. The highest BCUT2D eigenvalue weighted by atomic mass is 79.9. The van der Waals surface area contributed by atoms with Crippen molar-refractivity contribution in [1.82, 2.24) is 4.90 Å². The Morgan fingerprint density at radius 3 is 2.71 bits per heavy atom. The number of likely N-dealkylation sites (tertiary alicyclic amines) is 1. The van der Waals surface area contributed by atoms with Gasteiger partial charge in [0.1, 0.15) is 0 Å². The molecule has 1 fully saturated rings. The van der Waals surface area contributed by atoms with Gasteiger partial charge in [-0.3, -0.25) is 4.79 Å². The summed E-state index contributed by atoms with van der Waals surface area (Å²) in [6.07, 6.45) is 1.85. The van der Waals surface area contributed by atoms with Crippen molar-refractivity contribution in [3.63, 3.8) is 0 Å². The number of hydrogen-bond donors (Lipinski definition) is 1. The maximum Gasteiger partial charge on any atom is 0.230 e. The van der Waals surface area contributed by atoms with Gasteiger partial charge in [-0.1, -0.05) is 0 Å². The molecule has 1 atom stereocenters. The van der Waals surface area contributed by atoms with Crippen LogP contribution in [0.15, 0.2) is 15.9 Å². The van der Waals surface area contributed by atoms with E-state index in [1.54, 1.807) is 11.3 Å². The number of amides is 1. The molecule has 17 heavy (non-hydrogen) atoms. The highest BCUT2D eigenvalue weighted by Gasteiger charge is 2.26. The number of hydrogen-bond acceptors (Lipinski definition) is 3. The van der Waals surface area contributed by atoms with Crippen LogP contribution >= 0.6 is 27.3 Å². The number of carbonyl (C=O) groups excluding carboxylic acids is 1. The average molecular weight is 317 g/mol. The SMILES string of the molecule is CC(C(=O)N1CCC(N)CC1)c1ccc(Br)s1. The molecule has 1 aromatic heterocycles. The van der Waals surface area contributed by atoms with Crippen molar-refractivity contribution in [3.8, 4) is 0 Å². The van der Waals surface area contributed by atoms with Crippen LogP contribution in [-0.2, 0) is 4.79 Å². The van der Waals surface area contributed by atoms with Crippen LogP contribution < -0.4 is 5.73 Å². The van der Waals surface area contributed by atoms with Gasteiger partial charge in [0.05, 0.1) is 9.70 Å². The number of piperidine rings is 1. The average Bonchev–Trinajstić information content (AvgIpc) is 2.75. The van der Waals surface area contributed by atoms with Crippen molar-refractivity contribution in [2.75, 3.05) is 13.1 Å². The predicted octanol–water partition coefficient (Wildman–Crippen LogP) is 2.56. The summed E-state index contributed by atoms with van der Waals surface area (Å²) in [4.78, 5) is 15.4. The Hall–Kier alpha value is -0.390. The van der Waals surface area contributed by atoms with Crippen LogP contribution in [0.1, 0.15) is 30.6 Å². The first kappa shape index (κ1) is 13.1. The molecule has 1 aromatic rings.